The van der Waals surface area contributed by atoms with E-state index in [0.29, 0.717) is 5.75 Å². The van der Waals surface area contributed by atoms with E-state index in [0.717, 1.165) is 57.2 Å². The Bertz CT molecular complexity index is 588. The van der Waals surface area contributed by atoms with Crippen molar-refractivity contribution in [1.82, 2.24) is 25.1 Å². The van der Waals surface area contributed by atoms with Crippen LogP contribution >= 0.6 is 0 Å². The van der Waals surface area contributed by atoms with Crippen molar-refractivity contribution in [3.63, 3.8) is 0 Å². The molecule has 1 aliphatic rings. The van der Waals surface area contributed by atoms with E-state index in [-0.39, 0.29) is 0 Å². The van der Waals surface area contributed by atoms with Gasteiger partial charge in [0.1, 0.15) is 5.75 Å². The van der Waals surface area contributed by atoms with Gasteiger partial charge in [-0.2, -0.15) is 0 Å². The minimum Gasteiger partial charge on any atom is -0.508 e. The second-order valence-corrected chi connectivity index (χ2v) is 5.60. The van der Waals surface area contributed by atoms with Crippen molar-refractivity contribution in [2.75, 3.05) is 31.1 Å². The van der Waals surface area contributed by atoms with Crippen LogP contribution < -0.4 is 4.90 Å². The van der Waals surface area contributed by atoms with Gasteiger partial charge in [0.25, 0.3) is 0 Å². The van der Waals surface area contributed by atoms with E-state index in [9.17, 15) is 5.11 Å². The van der Waals surface area contributed by atoms with Crippen LogP contribution in [0.5, 0.6) is 5.75 Å². The van der Waals surface area contributed by atoms with E-state index in [1.807, 2.05) is 16.8 Å². The molecule has 0 amide bonds. The van der Waals surface area contributed by atoms with Crippen molar-refractivity contribution in [2.24, 2.45) is 0 Å². The highest BCUT2D eigenvalue weighted by Gasteiger charge is 2.19. The van der Waals surface area contributed by atoms with Crippen molar-refractivity contribution in [2.45, 2.75) is 26.4 Å². The number of phenols is 1. The van der Waals surface area contributed by atoms with Crippen molar-refractivity contribution >= 4 is 5.69 Å². The van der Waals surface area contributed by atoms with Crippen LogP contribution in [-0.4, -0.2) is 56.4 Å². The number of hydrogen-bond acceptors (Lipinski definition) is 6. The maximum atomic E-state index is 9.36. The van der Waals surface area contributed by atoms with Crippen LogP contribution in [0, 0.1) is 0 Å². The highest BCUT2D eigenvalue weighted by atomic mass is 16.3. The first-order valence-electron chi connectivity index (χ1n) is 7.77. The summed E-state index contributed by atoms with van der Waals surface area (Å²) >= 11 is 0. The second kappa shape index (κ2) is 6.74. The Morgan fingerprint density at radius 3 is 2.50 bits per heavy atom. The van der Waals surface area contributed by atoms with Crippen molar-refractivity contribution in [3.8, 4) is 5.75 Å². The van der Waals surface area contributed by atoms with Crippen LogP contribution in [-0.2, 0) is 13.1 Å². The summed E-state index contributed by atoms with van der Waals surface area (Å²) in [5.74, 6) is 1.25. The summed E-state index contributed by atoms with van der Waals surface area (Å²) in [4.78, 5) is 4.72. The minimum atomic E-state index is 0.310. The molecule has 2 heterocycles. The number of benzene rings is 1. The second-order valence-electron chi connectivity index (χ2n) is 5.60. The molecule has 0 saturated carbocycles. The fraction of sp³-hybridized carbons (Fsp3) is 0.533. The quantitative estimate of drug-likeness (QED) is 0.892. The summed E-state index contributed by atoms with van der Waals surface area (Å²) in [5.41, 5.74) is 1.16. The van der Waals surface area contributed by atoms with Gasteiger partial charge in [0, 0.05) is 38.4 Å². The zero-order chi connectivity index (χ0) is 15.4. The maximum absolute atomic E-state index is 9.36. The van der Waals surface area contributed by atoms with Crippen LogP contribution in [0.3, 0.4) is 0 Å². The van der Waals surface area contributed by atoms with Gasteiger partial charge < -0.3 is 10.0 Å². The molecular formula is C15H22N6O. The number of aryl methyl sites for hydroxylation is 1. The molecule has 1 aromatic carbocycles. The Labute approximate surface area is 130 Å². The fourth-order valence-electron chi connectivity index (χ4n) is 2.75. The van der Waals surface area contributed by atoms with E-state index < -0.39 is 0 Å². The molecule has 7 nitrogen and oxygen atoms in total. The lowest BCUT2D eigenvalue weighted by molar-refractivity contribution is 0.239. The van der Waals surface area contributed by atoms with E-state index in [2.05, 4.69) is 32.2 Å². The number of aromatic hydroxyl groups is 1. The highest BCUT2D eigenvalue weighted by molar-refractivity contribution is 5.49. The lowest BCUT2D eigenvalue weighted by atomic mass is 10.2. The summed E-state index contributed by atoms with van der Waals surface area (Å²) in [6.07, 6.45) is 1.03. The highest BCUT2D eigenvalue weighted by Crippen LogP contribution is 2.20. The molecule has 118 valence electrons. The predicted octanol–water partition coefficient (Wildman–Crippen LogP) is 1.11. The molecule has 0 radical (unpaired) electrons. The smallest absolute Gasteiger partial charge is 0.165 e. The summed E-state index contributed by atoms with van der Waals surface area (Å²) < 4.78 is 1.90. The third-order valence-electron chi connectivity index (χ3n) is 3.99. The Hall–Kier alpha value is -2.15. The monoisotopic (exact) mass is 302 g/mol. The molecule has 1 aliphatic heterocycles. The first-order valence-corrected chi connectivity index (χ1v) is 7.77. The molecule has 2 aromatic rings. The number of piperazine rings is 1. The summed E-state index contributed by atoms with van der Waals surface area (Å²) in [6, 6.07) is 7.40. The third kappa shape index (κ3) is 3.36. The third-order valence-corrected chi connectivity index (χ3v) is 3.99. The molecular weight excluding hydrogens is 280 g/mol. The van der Waals surface area contributed by atoms with Crippen molar-refractivity contribution in [1.29, 1.82) is 0 Å². The molecule has 0 spiro atoms. The Kier molecular flexibility index (Phi) is 4.53. The maximum Gasteiger partial charge on any atom is 0.165 e. The lowest BCUT2D eigenvalue weighted by Gasteiger charge is -2.35. The summed E-state index contributed by atoms with van der Waals surface area (Å²) in [7, 11) is 0. The Morgan fingerprint density at radius 1 is 1.09 bits per heavy atom. The molecule has 3 rings (SSSR count). The van der Waals surface area contributed by atoms with Gasteiger partial charge in [-0.15, -0.1) is 5.10 Å². The molecule has 1 saturated heterocycles. The van der Waals surface area contributed by atoms with Gasteiger partial charge in [-0.1, -0.05) is 6.92 Å². The standard InChI is InChI=1S/C15H22N6O/c1-2-7-21-15(16-17-18-21)12-19-8-10-20(11-9-19)13-3-5-14(22)6-4-13/h3-6,22H,2,7-12H2,1H3. The Balaban J connectivity index is 1.55. The first kappa shape index (κ1) is 14.8. The van der Waals surface area contributed by atoms with Crippen LogP contribution in [0.1, 0.15) is 19.2 Å². The fourth-order valence-corrected chi connectivity index (χ4v) is 2.75. The van der Waals surface area contributed by atoms with Crippen LogP contribution in [0.2, 0.25) is 0 Å². The SMILES string of the molecule is CCCn1nnnc1CN1CCN(c2ccc(O)cc2)CC1. The van der Waals surface area contributed by atoms with E-state index in [1.54, 1.807) is 12.1 Å². The number of aromatic nitrogens is 4. The van der Waals surface area contributed by atoms with E-state index >= 15 is 0 Å². The zero-order valence-electron chi connectivity index (χ0n) is 12.9. The van der Waals surface area contributed by atoms with Crippen LogP contribution in [0.15, 0.2) is 24.3 Å². The topological polar surface area (TPSA) is 70.3 Å². The molecule has 1 fully saturated rings. The average molecular weight is 302 g/mol. The lowest BCUT2D eigenvalue weighted by Crippen LogP contribution is -2.46. The van der Waals surface area contributed by atoms with Gasteiger partial charge in [-0.25, -0.2) is 4.68 Å². The van der Waals surface area contributed by atoms with Crippen LogP contribution in [0.4, 0.5) is 5.69 Å². The molecule has 1 N–H and O–H groups in total. The predicted molar refractivity (Wildman–Crippen MR) is 83.7 cm³/mol. The normalized spacial score (nSPS) is 16.1. The first-order chi connectivity index (χ1) is 10.8. The number of tetrazole rings is 1. The number of anilines is 1. The number of rotatable bonds is 5. The Morgan fingerprint density at radius 2 is 1.82 bits per heavy atom. The average Bonchev–Trinajstić information content (AvgIpc) is 2.97. The van der Waals surface area contributed by atoms with Crippen molar-refractivity contribution < 1.29 is 5.11 Å². The van der Waals surface area contributed by atoms with Gasteiger partial charge in [-0.05, 0) is 41.1 Å². The molecule has 0 unspecified atom stereocenters. The summed E-state index contributed by atoms with van der Waals surface area (Å²) in [6.45, 7) is 7.72. The van der Waals surface area contributed by atoms with Gasteiger partial charge in [0.2, 0.25) is 0 Å². The summed E-state index contributed by atoms with van der Waals surface area (Å²) in [5, 5.41) is 21.3. The minimum absolute atomic E-state index is 0.310. The number of hydrogen-bond donors (Lipinski definition) is 1. The number of nitrogens with zero attached hydrogens (tertiary/aromatic N) is 6. The molecule has 22 heavy (non-hydrogen) atoms. The van der Waals surface area contributed by atoms with Gasteiger partial charge in [0.15, 0.2) is 5.82 Å². The van der Waals surface area contributed by atoms with Crippen LogP contribution in [0.25, 0.3) is 0 Å². The van der Waals surface area contributed by atoms with Crippen molar-refractivity contribution in [3.05, 3.63) is 30.1 Å². The van der Waals surface area contributed by atoms with E-state index in [1.165, 1.54) is 0 Å². The largest absolute Gasteiger partial charge is 0.508 e. The van der Waals surface area contributed by atoms with Gasteiger partial charge in [0.05, 0.1) is 6.54 Å². The number of phenolic OH excluding ortho intramolecular Hbond substituents is 1. The molecule has 1 aromatic heterocycles. The van der Waals surface area contributed by atoms with E-state index in [4.69, 9.17) is 0 Å². The van der Waals surface area contributed by atoms with Gasteiger partial charge in [-0.3, -0.25) is 4.90 Å². The molecule has 0 aliphatic carbocycles. The molecule has 7 heteroatoms. The molecule has 0 bridgehead atoms. The van der Waals surface area contributed by atoms with Gasteiger partial charge >= 0.3 is 0 Å². The zero-order valence-corrected chi connectivity index (χ0v) is 12.9. The molecule has 0 atom stereocenters.